The number of hydrogen-bond donors (Lipinski definition) is 2. The molecule has 3 aromatic rings. The maximum Gasteiger partial charge on any atom is 0.337 e. The summed E-state index contributed by atoms with van der Waals surface area (Å²) < 4.78 is 10.2. The molecule has 26 heavy (non-hydrogen) atoms. The SMILES string of the molecule is COC(=O)c1ccc(CCCNCC(O)c2occ3ccccc23)cc1. The zero-order valence-corrected chi connectivity index (χ0v) is 14.8. The minimum Gasteiger partial charge on any atom is -0.465 e. The molecule has 5 heteroatoms. The molecule has 1 unspecified atom stereocenters. The Morgan fingerprint density at radius 1 is 1.19 bits per heavy atom. The number of rotatable bonds is 8. The van der Waals surface area contributed by atoms with Crippen molar-refractivity contribution in [2.24, 2.45) is 0 Å². The summed E-state index contributed by atoms with van der Waals surface area (Å²) in [7, 11) is 1.38. The van der Waals surface area contributed by atoms with Crippen molar-refractivity contribution in [3.05, 3.63) is 71.7 Å². The molecule has 1 aromatic heterocycles. The monoisotopic (exact) mass is 353 g/mol. The number of benzene rings is 2. The van der Waals surface area contributed by atoms with Crippen molar-refractivity contribution >= 4 is 16.7 Å². The van der Waals surface area contributed by atoms with E-state index in [0.717, 1.165) is 35.7 Å². The number of ether oxygens (including phenoxy) is 1. The van der Waals surface area contributed by atoms with Crippen LogP contribution in [0.2, 0.25) is 0 Å². The van der Waals surface area contributed by atoms with E-state index in [4.69, 9.17) is 4.42 Å². The third kappa shape index (κ3) is 4.31. The second-order valence-electron chi connectivity index (χ2n) is 6.20. The summed E-state index contributed by atoms with van der Waals surface area (Å²) in [5.74, 6) is 0.282. The molecule has 136 valence electrons. The normalized spacial score (nSPS) is 12.2. The molecule has 0 aliphatic carbocycles. The number of fused-ring (bicyclic) bond motifs is 1. The van der Waals surface area contributed by atoms with Crippen molar-refractivity contribution in [2.45, 2.75) is 18.9 Å². The highest BCUT2D eigenvalue weighted by Crippen LogP contribution is 2.25. The van der Waals surface area contributed by atoms with Crippen molar-refractivity contribution < 1.29 is 19.1 Å². The van der Waals surface area contributed by atoms with Gasteiger partial charge >= 0.3 is 5.97 Å². The molecule has 3 rings (SSSR count). The van der Waals surface area contributed by atoms with Crippen LogP contribution in [0.4, 0.5) is 0 Å². The lowest BCUT2D eigenvalue weighted by atomic mass is 10.1. The predicted molar refractivity (Wildman–Crippen MR) is 100 cm³/mol. The molecule has 0 fully saturated rings. The summed E-state index contributed by atoms with van der Waals surface area (Å²) in [6.07, 6.45) is 2.83. The van der Waals surface area contributed by atoms with Gasteiger partial charge in [0.05, 0.1) is 18.9 Å². The summed E-state index contributed by atoms with van der Waals surface area (Å²) in [6, 6.07) is 15.2. The summed E-state index contributed by atoms with van der Waals surface area (Å²) in [4.78, 5) is 11.4. The zero-order chi connectivity index (χ0) is 18.4. The van der Waals surface area contributed by atoms with Gasteiger partial charge in [0, 0.05) is 17.3 Å². The lowest BCUT2D eigenvalue weighted by Gasteiger charge is -2.10. The van der Waals surface area contributed by atoms with Gasteiger partial charge in [-0.2, -0.15) is 0 Å². The number of methoxy groups -OCH3 is 1. The van der Waals surface area contributed by atoms with Crippen LogP contribution in [0.25, 0.3) is 10.8 Å². The van der Waals surface area contributed by atoms with Gasteiger partial charge in [-0.1, -0.05) is 36.4 Å². The average Bonchev–Trinajstić information content (AvgIpc) is 3.11. The van der Waals surface area contributed by atoms with Crippen LogP contribution in [0, 0.1) is 0 Å². The van der Waals surface area contributed by atoms with Crippen molar-refractivity contribution in [3.63, 3.8) is 0 Å². The van der Waals surface area contributed by atoms with Crippen LogP contribution < -0.4 is 5.32 Å². The van der Waals surface area contributed by atoms with E-state index in [1.54, 1.807) is 18.4 Å². The fourth-order valence-corrected chi connectivity index (χ4v) is 2.95. The molecule has 0 radical (unpaired) electrons. The third-order valence-corrected chi connectivity index (χ3v) is 4.37. The fraction of sp³-hybridized carbons (Fsp3) is 0.286. The summed E-state index contributed by atoms with van der Waals surface area (Å²) in [5, 5.41) is 15.5. The van der Waals surface area contributed by atoms with Crippen LogP contribution in [-0.2, 0) is 11.2 Å². The topological polar surface area (TPSA) is 71.7 Å². The van der Waals surface area contributed by atoms with Crippen LogP contribution in [0.3, 0.4) is 0 Å². The fourth-order valence-electron chi connectivity index (χ4n) is 2.95. The van der Waals surface area contributed by atoms with Gasteiger partial charge in [0.2, 0.25) is 0 Å². The molecule has 1 atom stereocenters. The number of aliphatic hydroxyl groups excluding tert-OH is 1. The highest BCUT2D eigenvalue weighted by Gasteiger charge is 2.14. The van der Waals surface area contributed by atoms with Crippen LogP contribution >= 0.6 is 0 Å². The molecule has 0 saturated heterocycles. The van der Waals surface area contributed by atoms with E-state index in [9.17, 15) is 9.90 Å². The number of hydrogen-bond acceptors (Lipinski definition) is 5. The van der Waals surface area contributed by atoms with E-state index >= 15 is 0 Å². The predicted octanol–water partition coefficient (Wildman–Crippen LogP) is 3.48. The van der Waals surface area contributed by atoms with E-state index in [1.165, 1.54) is 7.11 Å². The minimum absolute atomic E-state index is 0.322. The Morgan fingerprint density at radius 2 is 1.96 bits per heavy atom. The van der Waals surface area contributed by atoms with Crippen molar-refractivity contribution in [1.29, 1.82) is 0 Å². The first-order valence-electron chi connectivity index (χ1n) is 8.71. The molecule has 1 heterocycles. The lowest BCUT2D eigenvalue weighted by Crippen LogP contribution is -2.22. The number of nitrogens with one attached hydrogen (secondary N) is 1. The molecular weight excluding hydrogens is 330 g/mol. The number of carbonyl (C=O) groups excluding carboxylic acids is 1. The van der Waals surface area contributed by atoms with E-state index in [0.29, 0.717) is 17.9 Å². The summed E-state index contributed by atoms with van der Waals surface area (Å²) >= 11 is 0. The van der Waals surface area contributed by atoms with Crippen molar-refractivity contribution in [3.8, 4) is 0 Å². The summed E-state index contributed by atoms with van der Waals surface area (Å²) in [6.45, 7) is 1.23. The van der Waals surface area contributed by atoms with Gasteiger partial charge in [-0.15, -0.1) is 0 Å². The quantitative estimate of drug-likeness (QED) is 0.479. The Morgan fingerprint density at radius 3 is 2.73 bits per heavy atom. The highest BCUT2D eigenvalue weighted by molar-refractivity contribution is 5.89. The van der Waals surface area contributed by atoms with Gasteiger partial charge in [-0.25, -0.2) is 4.79 Å². The van der Waals surface area contributed by atoms with Crippen LogP contribution in [0.1, 0.15) is 34.2 Å². The Balaban J connectivity index is 1.42. The number of furan rings is 1. The van der Waals surface area contributed by atoms with Gasteiger partial charge < -0.3 is 19.6 Å². The Bertz CT molecular complexity index is 854. The van der Waals surface area contributed by atoms with Gasteiger partial charge in [0.25, 0.3) is 0 Å². The van der Waals surface area contributed by atoms with E-state index < -0.39 is 6.10 Å². The number of esters is 1. The first-order valence-corrected chi connectivity index (χ1v) is 8.71. The van der Waals surface area contributed by atoms with E-state index in [1.807, 2.05) is 36.4 Å². The minimum atomic E-state index is -0.672. The molecule has 0 saturated carbocycles. The number of aryl methyl sites for hydroxylation is 1. The molecular formula is C21H23NO4. The molecule has 0 bridgehead atoms. The van der Waals surface area contributed by atoms with Gasteiger partial charge in [0.1, 0.15) is 11.9 Å². The zero-order valence-electron chi connectivity index (χ0n) is 14.8. The molecule has 0 aliphatic rings. The maximum atomic E-state index is 11.4. The molecule has 2 aromatic carbocycles. The summed E-state index contributed by atoms with van der Waals surface area (Å²) in [5.41, 5.74) is 1.72. The highest BCUT2D eigenvalue weighted by atomic mass is 16.5. The van der Waals surface area contributed by atoms with Crippen LogP contribution in [0.15, 0.2) is 59.2 Å². The third-order valence-electron chi connectivity index (χ3n) is 4.37. The Labute approximate surface area is 152 Å². The molecule has 0 spiro atoms. The Kier molecular flexibility index (Phi) is 6.04. The van der Waals surface area contributed by atoms with Gasteiger partial charge in [0.15, 0.2) is 0 Å². The number of carbonyl (C=O) groups is 1. The Hall–Kier alpha value is -2.63. The second-order valence-corrected chi connectivity index (χ2v) is 6.20. The standard InChI is InChI=1S/C21H23NO4/c1-25-21(24)16-10-8-15(9-11-16)5-4-12-22-13-19(23)20-18-7-3-2-6-17(18)14-26-20/h2-3,6-11,14,19,22-23H,4-5,12-13H2,1H3. The number of aliphatic hydroxyl groups is 1. The van der Waals surface area contributed by atoms with Crippen LogP contribution in [0.5, 0.6) is 0 Å². The first kappa shape index (κ1) is 18.2. The maximum absolute atomic E-state index is 11.4. The molecule has 5 nitrogen and oxygen atoms in total. The lowest BCUT2D eigenvalue weighted by molar-refractivity contribution is 0.0600. The van der Waals surface area contributed by atoms with Gasteiger partial charge in [-0.05, 0) is 37.1 Å². The molecule has 0 amide bonds. The average molecular weight is 353 g/mol. The first-order chi connectivity index (χ1) is 12.7. The van der Waals surface area contributed by atoms with Gasteiger partial charge in [-0.3, -0.25) is 0 Å². The van der Waals surface area contributed by atoms with Crippen LogP contribution in [-0.4, -0.2) is 31.3 Å². The molecule has 2 N–H and O–H groups in total. The second kappa shape index (κ2) is 8.65. The molecule has 0 aliphatic heterocycles. The van der Waals surface area contributed by atoms with E-state index in [2.05, 4.69) is 10.1 Å². The largest absolute Gasteiger partial charge is 0.465 e. The van der Waals surface area contributed by atoms with Crippen molar-refractivity contribution in [1.82, 2.24) is 5.32 Å². The smallest absolute Gasteiger partial charge is 0.337 e. The van der Waals surface area contributed by atoms with E-state index in [-0.39, 0.29) is 5.97 Å². The van der Waals surface area contributed by atoms with Crippen molar-refractivity contribution in [2.75, 3.05) is 20.2 Å².